The van der Waals surface area contributed by atoms with Crippen molar-refractivity contribution in [3.8, 4) is 55.6 Å². The fourth-order valence-electron chi connectivity index (χ4n) is 15.2. The number of benzene rings is 15. The van der Waals surface area contributed by atoms with Gasteiger partial charge in [0.2, 0.25) is 0 Å². The summed E-state index contributed by atoms with van der Waals surface area (Å²) >= 11 is 0. The maximum absolute atomic E-state index is 2.67. The summed E-state index contributed by atoms with van der Waals surface area (Å²) in [5, 5.41) is 7.66. The van der Waals surface area contributed by atoms with Crippen LogP contribution in [-0.2, 0) is 10.8 Å². The molecule has 0 N–H and O–H groups in total. The molecule has 15 aromatic rings. The Labute approximate surface area is 552 Å². The van der Waals surface area contributed by atoms with Crippen molar-refractivity contribution < 1.29 is 0 Å². The first-order valence-electron chi connectivity index (χ1n) is 33.1. The molecule has 0 aliphatic carbocycles. The van der Waals surface area contributed by atoms with Crippen molar-refractivity contribution in [2.45, 2.75) is 52.4 Å². The van der Waals surface area contributed by atoms with Crippen LogP contribution < -0.4 is 31.1 Å². The van der Waals surface area contributed by atoms with Gasteiger partial charge in [-0.2, -0.15) is 0 Å². The van der Waals surface area contributed by atoms with Gasteiger partial charge in [-0.15, -0.1) is 0 Å². The van der Waals surface area contributed by atoms with E-state index in [1.807, 2.05) is 0 Å². The molecule has 0 bridgehead atoms. The van der Waals surface area contributed by atoms with E-state index in [-0.39, 0.29) is 17.5 Å². The molecule has 94 heavy (non-hydrogen) atoms. The van der Waals surface area contributed by atoms with E-state index in [1.165, 1.54) is 104 Å². The van der Waals surface area contributed by atoms with Crippen LogP contribution in [0.3, 0.4) is 0 Å². The first kappa shape index (κ1) is 56.8. The Morgan fingerprint density at radius 1 is 0.277 bits per heavy atom. The zero-order valence-corrected chi connectivity index (χ0v) is 53.9. The van der Waals surface area contributed by atoms with Gasteiger partial charge in [0.15, 0.2) is 0 Å². The number of rotatable bonds is 10. The largest absolute Gasteiger partial charge is 0.311 e. The quantitative estimate of drug-likeness (QED) is 0.0998. The lowest BCUT2D eigenvalue weighted by molar-refractivity contribution is 0.590. The third kappa shape index (κ3) is 9.58. The molecule has 4 heteroatoms. The molecular weight excluding hydrogens is 1130 g/mol. The lowest BCUT2D eigenvalue weighted by atomic mass is 9.33. The van der Waals surface area contributed by atoms with Crippen molar-refractivity contribution >= 4 is 107 Å². The van der Waals surface area contributed by atoms with Gasteiger partial charge >= 0.3 is 0 Å². The second-order valence-electron chi connectivity index (χ2n) is 27.7. The van der Waals surface area contributed by atoms with Gasteiger partial charge in [-0.3, -0.25) is 0 Å². The van der Waals surface area contributed by atoms with Gasteiger partial charge < -0.3 is 14.7 Å². The van der Waals surface area contributed by atoms with Gasteiger partial charge in [0, 0.05) is 51.1 Å². The van der Waals surface area contributed by atoms with Crippen molar-refractivity contribution in [2.24, 2.45) is 0 Å². The Morgan fingerprint density at radius 2 is 0.755 bits per heavy atom. The molecular formula is C90H70BN3. The van der Waals surface area contributed by atoms with Gasteiger partial charge in [0.25, 0.3) is 6.71 Å². The second-order valence-corrected chi connectivity index (χ2v) is 27.7. The first-order valence-corrected chi connectivity index (χ1v) is 33.1. The van der Waals surface area contributed by atoms with Crippen molar-refractivity contribution in [2.75, 3.05) is 14.7 Å². The number of hydrogen-bond donors (Lipinski definition) is 0. The van der Waals surface area contributed by atoms with Gasteiger partial charge in [0.1, 0.15) is 0 Å². The predicted octanol–water partition coefficient (Wildman–Crippen LogP) is 23.1. The highest BCUT2D eigenvalue weighted by Crippen LogP contribution is 2.53. The van der Waals surface area contributed by atoms with Crippen molar-refractivity contribution in [3.05, 3.63) is 327 Å². The molecule has 2 aliphatic rings. The molecule has 0 saturated heterocycles. The molecule has 0 unspecified atom stereocenters. The van der Waals surface area contributed by atoms with E-state index >= 15 is 0 Å². The maximum Gasteiger partial charge on any atom is 0.252 e. The predicted molar refractivity (Wildman–Crippen MR) is 403 cm³/mol. The molecule has 3 nitrogen and oxygen atoms in total. The lowest BCUT2D eigenvalue weighted by Crippen LogP contribution is -2.61. The normalized spacial score (nSPS) is 12.7. The Balaban J connectivity index is 1.01. The van der Waals surface area contributed by atoms with Crippen LogP contribution in [0.1, 0.15) is 52.7 Å². The Hall–Kier alpha value is -11.2. The first-order chi connectivity index (χ1) is 45.9. The monoisotopic (exact) mass is 1200 g/mol. The zero-order valence-electron chi connectivity index (χ0n) is 53.9. The number of para-hydroxylation sites is 2. The van der Waals surface area contributed by atoms with Crippen molar-refractivity contribution in [3.63, 3.8) is 0 Å². The van der Waals surface area contributed by atoms with Crippen LogP contribution in [-0.4, -0.2) is 6.71 Å². The van der Waals surface area contributed by atoms with Gasteiger partial charge in [-0.1, -0.05) is 266 Å². The van der Waals surface area contributed by atoms with E-state index < -0.39 is 0 Å². The minimum Gasteiger partial charge on any atom is -0.311 e. The zero-order chi connectivity index (χ0) is 63.4. The van der Waals surface area contributed by atoms with Crippen LogP contribution in [0.4, 0.5) is 51.2 Å². The average Bonchev–Trinajstić information content (AvgIpc) is 0.694. The van der Waals surface area contributed by atoms with E-state index in [9.17, 15) is 0 Å². The van der Waals surface area contributed by atoms with Crippen LogP contribution in [0.5, 0.6) is 0 Å². The summed E-state index contributed by atoms with van der Waals surface area (Å²) in [6.07, 6.45) is 0. The highest BCUT2D eigenvalue weighted by atomic mass is 15.2. The van der Waals surface area contributed by atoms with E-state index in [0.717, 1.165) is 62.2 Å². The Morgan fingerprint density at radius 3 is 1.32 bits per heavy atom. The van der Waals surface area contributed by atoms with Crippen LogP contribution in [0, 0.1) is 0 Å². The van der Waals surface area contributed by atoms with E-state index in [1.54, 1.807) is 0 Å². The molecule has 0 atom stereocenters. The molecule has 2 heterocycles. The fourth-order valence-corrected chi connectivity index (χ4v) is 15.2. The molecule has 0 spiro atoms. The van der Waals surface area contributed by atoms with E-state index in [4.69, 9.17) is 0 Å². The number of anilines is 9. The second kappa shape index (κ2) is 22.3. The fraction of sp³-hybridized carbons (Fsp3) is 0.0889. The number of hydrogen-bond acceptors (Lipinski definition) is 3. The van der Waals surface area contributed by atoms with Crippen molar-refractivity contribution in [1.29, 1.82) is 0 Å². The summed E-state index contributed by atoms with van der Waals surface area (Å²) in [5.41, 5.74) is 27.8. The van der Waals surface area contributed by atoms with Gasteiger partial charge in [0.05, 0.1) is 5.69 Å². The van der Waals surface area contributed by atoms with E-state index in [2.05, 4.69) is 372 Å². The third-order valence-electron chi connectivity index (χ3n) is 19.8. The SMILES string of the molecule is CC(C)(C)c1ccc2c(c1)B1c3ccc(N(c4ccccc4)c4ccccc4)cc3N(c3ccc(-c4ccccc4)cc3)c3cc(-c4c(-c5ccccc5)cccc4-c4ccccc4)cc(c31)N2c1ccc(C(C)(C)C)cc1-c1cc2ccc3cccc4ccc(c1)c2c34. The molecule has 0 aromatic heterocycles. The van der Waals surface area contributed by atoms with Crippen LogP contribution in [0.2, 0.25) is 0 Å². The summed E-state index contributed by atoms with van der Waals surface area (Å²) in [6, 6.07) is 119. The molecule has 0 fully saturated rings. The smallest absolute Gasteiger partial charge is 0.252 e. The Kier molecular flexibility index (Phi) is 13.5. The molecule has 0 amide bonds. The highest BCUT2D eigenvalue weighted by molar-refractivity contribution is 7.00. The summed E-state index contributed by atoms with van der Waals surface area (Å²) in [5.74, 6) is 0. The molecule has 448 valence electrons. The molecule has 0 saturated carbocycles. The topological polar surface area (TPSA) is 9.72 Å². The molecule has 15 aromatic carbocycles. The van der Waals surface area contributed by atoms with Crippen LogP contribution in [0.25, 0.3) is 88.0 Å². The summed E-state index contributed by atoms with van der Waals surface area (Å²) in [6.45, 7) is 13.9. The average molecular weight is 1200 g/mol. The number of fused-ring (bicyclic) bond motifs is 4. The summed E-state index contributed by atoms with van der Waals surface area (Å²) in [4.78, 5) is 7.68. The number of nitrogens with zero attached hydrogens (tertiary/aromatic N) is 3. The van der Waals surface area contributed by atoms with Crippen LogP contribution in [0.15, 0.2) is 315 Å². The third-order valence-corrected chi connectivity index (χ3v) is 19.8. The van der Waals surface area contributed by atoms with E-state index in [0.29, 0.717) is 0 Å². The summed E-state index contributed by atoms with van der Waals surface area (Å²) in [7, 11) is 0. The van der Waals surface area contributed by atoms with Gasteiger partial charge in [-0.05, 0) is 212 Å². The highest BCUT2D eigenvalue weighted by Gasteiger charge is 2.45. The summed E-state index contributed by atoms with van der Waals surface area (Å²) < 4.78 is 0. The standard InChI is InChI=1S/C90H70BN3/c1-89(2,3)69-44-50-80(77(56-69)67-52-65-40-38-63-30-22-31-64-39-41-66(53-67)86(65)85(63)64)94-81-51-45-70(90(4,5)6)57-79(81)91-78-49-48-74(92(71-32-18-10-19-33-71)72-34-20-11-21-35-72)58-82(78)93(73-46-42-60(43-47-73)59-24-12-7-13-25-59)83-54-68(55-84(94)88(83)91)87-75(61-26-14-8-15-27-61)36-23-37-76(87)62-28-16-9-17-29-62/h7-58H,1-6H3. The minimum absolute atomic E-state index is 0.139. The Bertz CT molecular complexity index is 5220. The maximum atomic E-state index is 2.67. The van der Waals surface area contributed by atoms with Crippen LogP contribution >= 0.6 is 0 Å². The minimum atomic E-state index is -0.175. The van der Waals surface area contributed by atoms with Crippen molar-refractivity contribution in [1.82, 2.24) is 0 Å². The lowest BCUT2D eigenvalue weighted by Gasteiger charge is -2.45. The molecule has 0 radical (unpaired) electrons. The molecule has 17 rings (SSSR count). The molecule has 2 aliphatic heterocycles. The van der Waals surface area contributed by atoms with Gasteiger partial charge in [-0.25, -0.2) is 0 Å².